The zero-order valence-electron chi connectivity index (χ0n) is 11.9. The van der Waals surface area contributed by atoms with Crippen LogP contribution in [0.25, 0.3) is 0 Å². The lowest BCUT2D eigenvalue weighted by Gasteiger charge is -2.22. The first kappa shape index (κ1) is 15.3. The van der Waals surface area contributed by atoms with Crippen molar-refractivity contribution in [2.24, 2.45) is 11.8 Å². The van der Waals surface area contributed by atoms with Crippen LogP contribution in [0.2, 0.25) is 0 Å². The second-order valence-electron chi connectivity index (χ2n) is 5.47. The highest BCUT2D eigenvalue weighted by molar-refractivity contribution is 7.91. The highest BCUT2D eigenvalue weighted by atomic mass is 32.2. The Labute approximate surface area is 120 Å². The minimum atomic E-state index is -2.86. The number of benzene rings is 1. The second kappa shape index (κ2) is 6.11. The van der Waals surface area contributed by atoms with Crippen LogP contribution in [0, 0.1) is 12.8 Å². The van der Waals surface area contributed by atoms with E-state index in [9.17, 15) is 8.42 Å². The fraction of sp³-hybridized carbons (Fsp3) is 0.571. The van der Waals surface area contributed by atoms with Crippen molar-refractivity contribution < 1.29 is 13.2 Å². The maximum Gasteiger partial charge on any atom is 0.150 e. The van der Waals surface area contributed by atoms with Gasteiger partial charge in [-0.3, -0.25) is 11.3 Å². The normalized spacial score (nSPS) is 22.6. The molecular formula is C14H22N2O3S. The van der Waals surface area contributed by atoms with Crippen molar-refractivity contribution in [3.05, 3.63) is 29.3 Å². The number of sulfone groups is 1. The third-order valence-corrected chi connectivity index (χ3v) is 5.69. The number of nitrogens with two attached hydrogens (primary N) is 1. The van der Waals surface area contributed by atoms with E-state index < -0.39 is 9.84 Å². The number of methoxy groups -OCH3 is 1. The lowest BCUT2D eigenvalue weighted by Crippen LogP contribution is -2.30. The lowest BCUT2D eigenvalue weighted by molar-refractivity contribution is 0.378. The molecule has 1 aromatic rings. The van der Waals surface area contributed by atoms with Gasteiger partial charge in [0.25, 0.3) is 0 Å². The number of nitrogens with one attached hydrogen (secondary N) is 1. The van der Waals surface area contributed by atoms with E-state index in [-0.39, 0.29) is 17.7 Å². The molecule has 1 aliphatic rings. The van der Waals surface area contributed by atoms with Gasteiger partial charge >= 0.3 is 0 Å². The van der Waals surface area contributed by atoms with Gasteiger partial charge in [0, 0.05) is 11.6 Å². The van der Waals surface area contributed by atoms with Crippen LogP contribution < -0.4 is 16.0 Å². The van der Waals surface area contributed by atoms with E-state index in [2.05, 4.69) is 5.43 Å². The smallest absolute Gasteiger partial charge is 0.150 e. The molecule has 20 heavy (non-hydrogen) atoms. The Morgan fingerprint density at radius 1 is 1.50 bits per heavy atom. The van der Waals surface area contributed by atoms with Gasteiger partial charge in [-0.2, -0.15) is 0 Å². The molecule has 1 aliphatic heterocycles. The van der Waals surface area contributed by atoms with E-state index >= 15 is 0 Å². The summed E-state index contributed by atoms with van der Waals surface area (Å²) in [7, 11) is -1.23. The summed E-state index contributed by atoms with van der Waals surface area (Å²) in [5, 5.41) is 0. The van der Waals surface area contributed by atoms with Gasteiger partial charge in [-0.05, 0) is 31.7 Å². The minimum absolute atomic E-state index is 0.0943. The van der Waals surface area contributed by atoms with Crippen LogP contribution in [-0.2, 0) is 9.84 Å². The number of hydrogen-bond acceptors (Lipinski definition) is 5. The van der Waals surface area contributed by atoms with Crippen LogP contribution in [0.5, 0.6) is 5.75 Å². The van der Waals surface area contributed by atoms with E-state index in [1.54, 1.807) is 7.11 Å². The average Bonchev–Trinajstić information content (AvgIpc) is 2.75. The van der Waals surface area contributed by atoms with Gasteiger partial charge in [0.2, 0.25) is 0 Å². The first-order valence-electron chi connectivity index (χ1n) is 6.76. The van der Waals surface area contributed by atoms with Gasteiger partial charge in [0.1, 0.15) is 5.75 Å². The van der Waals surface area contributed by atoms with Crippen LogP contribution in [0.15, 0.2) is 18.2 Å². The Balaban J connectivity index is 2.18. The maximum atomic E-state index is 11.5. The molecule has 3 N–H and O–H groups in total. The molecule has 1 aromatic carbocycles. The molecule has 2 atom stereocenters. The Morgan fingerprint density at radius 3 is 2.80 bits per heavy atom. The van der Waals surface area contributed by atoms with E-state index in [0.717, 1.165) is 16.9 Å². The predicted octanol–water partition coefficient (Wildman–Crippen LogP) is 1.33. The van der Waals surface area contributed by atoms with Crippen molar-refractivity contribution in [3.63, 3.8) is 0 Å². The molecular weight excluding hydrogens is 276 g/mol. The van der Waals surface area contributed by atoms with Gasteiger partial charge in [0.15, 0.2) is 9.84 Å². The molecule has 1 heterocycles. The first-order chi connectivity index (χ1) is 9.45. The summed E-state index contributed by atoms with van der Waals surface area (Å²) >= 11 is 0. The van der Waals surface area contributed by atoms with E-state index in [0.29, 0.717) is 18.6 Å². The van der Waals surface area contributed by atoms with E-state index in [4.69, 9.17) is 10.6 Å². The highest BCUT2D eigenvalue weighted by Crippen LogP contribution is 2.33. The number of aryl methyl sites for hydroxylation is 1. The molecule has 1 fully saturated rings. The van der Waals surface area contributed by atoms with Crippen molar-refractivity contribution in [2.75, 3.05) is 18.6 Å². The van der Waals surface area contributed by atoms with Crippen molar-refractivity contribution >= 4 is 9.84 Å². The van der Waals surface area contributed by atoms with Crippen molar-refractivity contribution in [2.45, 2.75) is 25.8 Å². The summed E-state index contributed by atoms with van der Waals surface area (Å²) in [6, 6.07) is 5.84. The highest BCUT2D eigenvalue weighted by Gasteiger charge is 2.30. The summed E-state index contributed by atoms with van der Waals surface area (Å²) in [4.78, 5) is 0. The van der Waals surface area contributed by atoms with Crippen molar-refractivity contribution in [1.82, 2.24) is 5.43 Å². The zero-order chi connectivity index (χ0) is 14.8. The Kier molecular flexibility index (Phi) is 4.67. The van der Waals surface area contributed by atoms with Crippen molar-refractivity contribution in [3.8, 4) is 5.75 Å². The van der Waals surface area contributed by atoms with Crippen molar-refractivity contribution in [1.29, 1.82) is 0 Å². The molecule has 0 spiro atoms. The molecule has 0 aromatic heterocycles. The van der Waals surface area contributed by atoms with Crippen LogP contribution in [0.3, 0.4) is 0 Å². The molecule has 0 bridgehead atoms. The molecule has 5 nitrogen and oxygen atoms in total. The Bertz CT molecular complexity index is 572. The van der Waals surface area contributed by atoms with Gasteiger partial charge < -0.3 is 4.74 Å². The standard InChI is InChI=1S/C14H22N2O3S/c1-10-3-4-14(19-2)12(7-10)13(16-15)8-11-5-6-20(17,18)9-11/h3-4,7,11,13,16H,5-6,8-9,15H2,1-2H3. The van der Waals surface area contributed by atoms with Crippen LogP contribution >= 0.6 is 0 Å². The summed E-state index contributed by atoms with van der Waals surface area (Å²) in [6.45, 7) is 2.01. The predicted molar refractivity (Wildman–Crippen MR) is 79.2 cm³/mol. The molecule has 0 amide bonds. The van der Waals surface area contributed by atoms with Crippen LogP contribution in [0.1, 0.15) is 30.0 Å². The third-order valence-electron chi connectivity index (χ3n) is 3.86. The van der Waals surface area contributed by atoms with Crippen LogP contribution in [-0.4, -0.2) is 27.0 Å². The largest absolute Gasteiger partial charge is 0.496 e. The van der Waals surface area contributed by atoms with Gasteiger partial charge in [-0.15, -0.1) is 0 Å². The fourth-order valence-electron chi connectivity index (χ4n) is 2.80. The third kappa shape index (κ3) is 3.50. The minimum Gasteiger partial charge on any atom is -0.496 e. The molecule has 1 saturated heterocycles. The van der Waals surface area contributed by atoms with E-state index in [1.807, 2.05) is 25.1 Å². The van der Waals surface area contributed by atoms with Gasteiger partial charge in [-0.1, -0.05) is 17.7 Å². The molecule has 112 valence electrons. The molecule has 0 aliphatic carbocycles. The summed E-state index contributed by atoms with van der Waals surface area (Å²) in [6.07, 6.45) is 1.42. The monoisotopic (exact) mass is 298 g/mol. The Hall–Kier alpha value is -1.11. The summed E-state index contributed by atoms with van der Waals surface area (Å²) < 4.78 is 28.5. The summed E-state index contributed by atoms with van der Waals surface area (Å²) in [5.74, 6) is 7.16. The number of rotatable bonds is 5. The fourth-order valence-corrected chi connectivity index (χ4v) is 4.68. The van der Waals surface area contributed by atoms with Gasteiger partial charge in [-0.25, -0.2) is 8.42 Å². The second-order valence-corrected chi connectivity index (χ2v) is 7.70. The first-order valence-corrected chi connectivity index (χ1v) is 8.58. The quantitative estimate of drug-likeness (QED) is 0.633. The zero-order valence-corrected chi connectivity index (χ0v) is 12.7. The van der Waals surface area contributed by atoms with Crippen LogP contribution in [0.4, 0.5) is 0 Å². The Morgan fingerprint density at radius 2 is 2.25 bits per heavy atom. The topological polar surface area (TPSA) is 81.4 Å². The summed E-state index contributed by atoms with van der Waals surface area (Å²) in [5.41, 5.74) is 4.91. The molecule has 2 unspecified atom stereocenters. The van der Waals surface area contributed by atoms with Gasteiger partial charge in [0.05, 0.1) is 18.6 Å². The molecule has 0 saturated carbocycles. The molecule has 0 radical (unpaired) electrons. The van der Waals surface area contributed by atoms with E-state index in [1.165, 1.54) is 0 Å². The number of ether oxygens (including phenoxy) is 1. The lowest BCUT2D eigenvalue weighted by atomic mass is 9.93. The number of hydrogen-bond donors (Lipinski definition) is 2. The average molecular weight is 298 g/mol. The SMILES string of the molecule is COc1ccc(C)cc1C(CC1CCS(=O)(=O)C1)NN. The molecule has 2 rings (SSSR count). The number of hydrazine groups is 1. The molecule has 6 heteroatoms. The maximum absolute atomic E-state index is 11.5.